The van der Waals surface area contributed by atoms with Crippen LogP contribution in [0.3, 0.4) is 0 Å². The minimum Gasteiger partial charge on any atom is -0.494 e. The van der Waals surface area contributed by atoms with Crippen LogP contribution in [0.4, 0.5) is 5.69 Å². The number of sulfonamides is 1. The average molecular weight is 329 g/mol. The van der Waals surface area contributed by atoms with Crippen molar-refractivity contribution in [1.82, 2.24) is 0 Å². The first-order chi connectivity index (χ1) is 10.3. The molecule has 1 aromatic rings. The number of hydrogen-bond acceptors (Lipinski definition) is 5. The fourth-order valence-electron chi connectivity index (χ4n) is 1.80. The molecule has 0 fully saturated rings. The number of carbonyl (C=O) groups is 1. The molecule has 0 atom stereocenters. The number of benzene rings is 1. The molecule has 0 amide bonds. The van der Waals surface area contributed by atoms with Gasteiger partial charge in [-0.1, -0.05) is 0 Å². The van der Waals surface area contributed by atoms with Gasteiger partial charge in [0.1, 0.15) is 12.3 Å². The maximum atomic E-state index is 12.2. The van der Waals surface area contributed by atoms with Crippen LogP contribution in [0.25, 0.3) is 0 Å². The van der Waals surface area contributed by atoms with Crippen LogP contribution in [-0.2, 0) is 19.6 Å². The van der Waals surface area contributed by atoms with Gasteiger partial charge in [0.05, 0.1) is 24.2 Å². The Kier molecular flexibility index (Phi) is 6.67. The second-order valence-corrected chi connectivity index (χ2v) is 7.05. The molecule has 124 valence electrons. The Morgan fingerprint density at radius 2 is 1.77 bits per heavy atom. The molecule has 1 rings (SSSR count). The largest absolute Gasteiger partial charge is 0.494 e. The Hall–Kier alpha value is -1.76. The van der Waals surface area contributed by atoms with E-state index in [1.807, 2.05) is 6.92 Å². The van der Waals surface area contributed by atoms with Gasteiger partial charge in [0.2, 0.25) is 10.0 Å². The van der Waals surface area contributed by atoms with Crippen LogP contribution in [0.5, 0.6) is 5.75 Å². The molecule has 6 nitrogen and oxygen atoms in total. The Labute approximate surface area is 132 Å². The molecule has 0 N–H and O–H groups in total. The van der Waals surface area contributed by atoms with E-state index in [1.54, 1.807) is 38.1 Å². The summed E-state index contributed by atoms with van der Waals surface area (Å²) in [5, 5.41) is 0. The topological polar surface area (TPSA) is 72.9 Å². The zero-order valence-corrected chi connectivity index (χ0v) is 14.2. The molecule has 0 aliphatic heterocycles. The highest BCUT2D eigenvalue weighted by Gasteiger charge is 2.24. The Balaban J connectivity index is 3.02. The minimum absolute atomic E-state index is 0.102. The summed E-state index contributed by atoms with van der Waals surface area (Å²) in [6, 6.07) is 6.57. The monoisotopic (exact) mass is 329 g/mol. The highest BCUT2D eigenvalue weighted by molar-refractivity contribution is 7.92. The van der Waals surface area contributed by atoms with E-state index in [0.29, 0.717) is 18.0 Å². The molecule has 0 aliphatic rings. The Bertz CT molecular complexity index is 580. The average Bonchev–Trinajstić information content (AvgIpc) is 2.45. The van der Waals surface area contributed by atoms with Crippen molar-refractivity contribution >= 4 is 21.7 Å². The summed E-state index contributed by atoms with van der Waals surface area (Å²) in [5.41, 5.74) is 0.408. The van der Waals surface area contributed by atoms with Crippen molar-refractivity contribution < 1.29 is 22.7 Å². The van der Waals surface area contributed by atoms with Gasteiger partial charge in [-0.25, -0.2) is 8.42 Å². The van der Waals surface area contributed by atoms with E-state index in [2.05, 4.69) is 0 Å². The fourth-order valence-corrected chi connectivity index (χ4v) is 2.86. The van der Waals surface area contributed by atoms with Crippen molar-refractivity contribution in [2.45, 2.75) is 33.8 Å². The van der Waals surface area contributed by atoms with Crippen LogP contribution in [0, 0.1) is 0 Å². The first-order valence-corrected chi connectivity index (χ1v) is 8.83. The van der Waals surface area contributed by atoms with Crippen LogP contribution in [-0.4, -0.2) is 39.4 Å². The van der Waals surface area contributed by atoms with Crippen LogP contribution in [0.2, 0.25) is 0 Å². The van der Waals surface area contributed by atoms with Gasteiger partial charge in [-0.05, 0) is 52.0 Å². The summed E-state index contributed by atoms with van der Waals surface area (Å²) in [6.07, 6.45) is -0.293. The van der Waals surface area contributed by atoms with Crippen molar-refractivity contribution in [3.63, 3.8) is 0 Å². The summed E-state index contributed by atoms with van der Waals surface area (Å²) in [5.74, 6) is -0.0411. The molecule has 7 heteroatoms. The first-order valence-electron chi connectivity index (χ1n) is 7.23. The van der Waals surface area contributed by atoms with Gasteiger partial charge in [0.15, 0.2) is 0 Å². The third kappa shape index (κ3) is 5.22. The van der Waals surface area contributed by atoms with E-state index in [0.717, 1.165) is 4.31 Å². The van der Waals surface area contributed by atoms with E-state index in [9.17, 15) is 13.2 Å². The van der Waals surface area contributed by atoms with Crippen molar-refractivity contribution in [3.05, 3.63) is 24.3 Å². The summed E-state index contributed by atoms with van der Waals surface area (Å²) in [7, 11) is -3.58. The predicted molar refractivity (Wildman–Crippen MR) is 85.6 cm³/mol. The van der Waals surface area contributed by atoms with Crippen LogP contribution >= 0.6 is 0 Å². The molecule has 0 aromatic heterocycles. The van der Waals surface area contributed by atoms with Crippen molar-refractivity contribution in [2.75, 3.05) is 23.2 Å². The third-order valence-corrected chi connectivity index (χ3v) is 4.52. The zero-order chi connectivity index (χ0) is 16.8. The predicted octanol–water partition coefficient (Wildman–Crippen LogP) is 2.19. The van der Waals surface area contributed by atoms with Gasteiger partial charge >= 0.3 is 5.97 Å². The lowest BCUT2D eigenvalue weighted by atomic mass is 10.3. The molecule has 0 aliphatic carbocycles. The van der Waals surface area contributed by atoms with E-state index in [1.165, 1.54) is 6.92 Å². The fraction of sp³-hybridized carbons (Fsp3) is 0.533. The van der Waals surface area contributed by atoms with Crippen molar-refractivity contribution in [1.29, 1.82) is 0 Å². The van der Waals surface area contributed by atoms with E-state index < -0.39 is 16.0 Å². The lowest BCUT2D eigenvalue weighted by Gasteiger charge is -2.23. The SMILES string of the molecule is CCOc1ccc(N(CC(=O)OC(C)C)S(=O)(=O)CC)cc1. The van der Waals surface area contributed by atoms with Gasteiger partial charge < -0.3 is 9.47 Å². The lowest BCUT2D eigenvalue weighted by Crippen LogP contribution is -2.38. The van der Waals surface area contributed by atoms with E-state index >= 15 is 0 Å². The molecule has 1 aromatic carbocycles. The Morgan fingerprint density at radius 3 is 2.23 bits per heavy atom. The number of nitrogens with zero attached hydrogens (tertiary/aromatic N) is 1. The summed E-state index contributed by atoms with van der Waals surface area (Å²) >= 11 is 0. The van der Waals surface area contributed by atoms with Crippen molar-refractivity contribution in [2.24, 2.45) is 0 Å². The van der Waals surface area contributed by atoms with Crippen LogP contribution < -0.4 is 9.04 Å². The maximum Gasteiger partial charge on any atom is 0.327 e. The number of anilines is 1. The van der Waals surface area contributed by atoms with Crippen LogP contribution in [0.1, 0.15) is 27.7 Å². The molecular formula is C15H23NO5S. The second kappa shape index (κ2) is 8.03. The molecule has 0 bridgehead atoms. The summed E-state index contributed by atoms with van der Waals surface area (Å²) in [4.78, 5) is 11.8. The highest BCUT2D eigenvalue weighted by Crippen LogP contribution is 2.22. The van der Waals surface area contributed by atoms with Gasteiger partial charge in [-0.15, -0.1) is 0 Å². The molecule has 0 unspecified atom stereocenters. The Morgan fingerprint density at radius 1 is 1.18 bits per heavy atom. The second-order valence-electron chi connectivity index (χ2n) is 4.87. The van der Waals surface area contributed by atoms with Gasteiger partial charge in [0.25, 0.3) is 0 Å². The molecule has 0 saturated heterocycles. The summed E-state index contributed by atoms with van der Waals surface area (Å²) < 4.78 is 35.9. The molecular weight excluding hydrogens is 306 g/mol. The van der Waals surface area contributed by atoms with Gasteiger partial charge in [0, 0.05) is 0 Å². The van der Waals surface area contributed by atoms with Gasteiger partial charge in [-0.3, -0.25) is 9.10 Å². The molecule has 0 heterocycles. The van der Waals surface area contributed by atoms with Gasteiger partial charge in [-0.2, -0.15) is 0 Å². The minimum atomic E-state index is -3.58. The lowest BCUT2D eigenvalue weighted by molar-refractivity contribution is -0.145. The smallest absolute Gasteiger partial charge is 0.327 e. The number of ether oxygens (including phenoxy) is 2. The third-order valence-electron chi connectivity index (χ3n) is 2.78. The standard InChI is InChI=1S/C15H23NO5S/c1-5-20-14-9-7-13(8-10-14)16(22(18,19)6-2)11-15(17)21-12(3)4/h7-10,12H,5-6,11H2,1-4H3. The zero-order valence-electron chi connectivity index (χ0n) is 13.4. The molecule has 0 saturated carbocycles. The maximum absolute atomic E-state index is 12.2. The molecule has 22 heavy (non-hydrogen) atoms. The normalized spacial score (nSPS) is 11.3. The van der Waals surface area contributed by atoms with Crippen LogP contribution in [0.15, 0.2) is 24.3 Å². The quantitative estimate of drug-likeness (QED) is 0.684. The number of carbonyl (C=O) groups excluding carboxylic acids is 1. The highest BCUT2D eigenvalue weighted by atomic mass is 32.2. The number of hydrogen-bond donors (Lipinski definition) is 0. The molecule has 0 spiro atoms. The summed E-state index contributed by atoms with van der Waals surface area (Å²) in [6.45, 7) is 7.01. The number of esters is 1. The van der Waals surface area contributed by atoms with Crippen molar-refractivity contribution in [3.8, 4) is 5.75 Å². The first kappa shape index (κ1) is 18.3. The molecule has 0 radical (unpaired) electrons. The van der Waals surface area contributed by atoms with E-state index in [4.69, 9.17) is 9.47 Å². The number of rotatable bonds is 8. The van der Waals surface area contributed by atoms with E-state index in [-0.39, 0.29) is 18.4 Å².